The third kappa shape index (κ3) is 4.04. The quantitative estimate of drug-likeness (QED) is 0.308. The van der Waals surface area contributed by atoms with Crippen LogP contribution in [0.4, 0.5) is 5.69 Å². The standard InChI is InChI=1S/C29H32N4O8/c1-31(2)18-9-15(11-33-6-5-13(10-33)12-34)23(35)20-16(18)7-14-8-17-22(32(3)4)25(37)21(28(30)40)27(39)29(17,41)26(38)19(14)24(20)36/h5-6,9-10,12,14,17,19,21-22,35,41H,7-8,11H2,1-4H3,(H2,30,40). The first-order valence-corrected chi connectivity index (χ1v) is 13.2. The van der Waals surface area contributed by atoms with Crippen LogP contribution < -0.4 is 10.6 Å². The molecule has 1 heterocycles. The van der Waals surface area contributed by atoms with Crippen LogP contribution >= 0.6 is 0 Å². The Balaban J connectivity index is 1.64. The van der Waals surface area contributed by atoms with Crippen molar-refractivity contribution in [3.8, 4) is 5.75 Å². The Morgan fingerprint density at radius 3 is 2.41 bits per heavy atom. The van der Waals surface area contributed by atoms with Gasteiger partial charge in [0.2, 0.25) is 5.91 Å². The summed E-state index contributed by atoms with van der Waals surface area (Å²) in [4.78, 5) is 81.3. The van der Waals surface area contributed by atoms with E-state index in [1.165, 1.54) is 4.90 Å². The number of rotatable bonds is 6. The van der Waals surface area contributed by atoms with Crippen LogP contribution in [0.1, 0.15) is 38.3 Å². The fourth-order valence-electron chi connectivity index (χ4n) is 7.05. The summed E-state index contributed by atoms with van der Waals surface area (Å²) < 4.78 is 1.67. The topological polar surface area (TPSA) is 180 Å². The number of hydrogen-bond donors (Lipinski definition) is 3. The monoisotopic (exact) mass is 564 g/mol. The smallest absolute Gasteiger partial charge is 0.235 e. The molecule has 0 aliphatic heterocycles. The number of aldehydes is 1. The summed E-state index contributed by atoms with van der Waals surface area (Å²) in [5.41, 5.74) is 4.49. The molecule has 5 rings (SSSR count). The zero-order valence-electron chi connectivity index (χ0n) is 23.2. The molecule has 1 aromatic heterocycles. The Labute approximate surface area is 235 Å². The van der Waals surface area contributed by atoms with Crippen LogP contribution in [0.25, 0.3) is 0 Å². The highest BCUT2D eigenvalue weighted by Gasteiger charge is 2.69. The first kappa shape index (κ1) is 28.4. The summed E-state index contributed by atoms with van der Waals surface area (Å²) in [7, 11) is 6.65. The van der Waals surface area contributed by atoms with Crippen molar-refractivity contribution in [3.05, 3.63) is 46.8 Å². The van der Waals surface area contributed by atoms with Crippen LogP contribution in [0.3, 0.4) is 0 Å². The van der Waals surface area contributed by atoms with E-state index < -0.39 is 64.4 Å². The lowest BCUT2D eigenvalue weighted by molar-refractivity contribution is -0.181. The molecule has 41 heavy (non-hydrogen) atoms. The third-order valence-electron chi connectivity index (χ3n) is 8.86. The molecule has 3 aliphatic carbocycles. The second kappa shape index (κ2) is 9.74. The fraction of sp³-hybridized carbons (Fsp3) is 0.448. The predicted octanol–water partition coefficient (Wildman–Crippen LogP) is -0.405. The summed E-state index contributed by atoms with van der Waals surface area (Å²) in [5, 5.41) is 23.1. The molecule has 1 amide bonds. The van der Waals surface area contributed by atoms with E-state index in [0.717, 1.165) is 0 Å². The number of fused-ring (bicyclic) bond motifs is 3. The molecule has 6 unspecified atom stereocenters. The first-order chi connectivity index (χ1) is 19.2. The van der Waals surface area contributed by atoms with E-state index in [4.69, 9.17) is 5.73 Å². The maximum absolute atomic E-state index is 14.1. The number of carbonyl (C=O) groups is 6. The van der Waals surface area contributed by atoms with Gasteiger partial charge in [0.1, 0.15) is 5.75 Å². The number of benzene rings is 1. The van der Waals surface area contributed by atoms with Gasteiger partial charge in [-0.25, -0.2) is 0 Å². The number of ketones is 4. The molecule has 12 heteroatoms. The van der Waals surface area contributed by atoms with Gasteiger partial charge < -0.3 is 25.4 Å². The number of aromatic hydroxyl groups is 1. The van der Waals surface area contributed by atoms with Crippen molar-refractivity contribution in [2.75, 3.05) is 33.1 Å². The molecular weight excluding hydrogens is 532 g/mol. The van der Waals surface area contributed by atoms with E-state index in [1.54, 1.807) is 62.2 Å². The first-order valence-electron chi connectivity index (χ1n) is 13.2. The highest BCUT2D eigenvalue weighted by molar-refractivity contribution is 6.32. The Morgan fingerprint density at radius 2 is 1.85 bits per heavy atom. The lowest BCUT2D eigenvalue weighted by Crippen LogP contribution is -2.74. The molecule has 2 aromatic rings. The average Bonchev–Trinajstić information content (AvgIpc) is 3.34. The molecular formula is C29H32N4O8. The SMILES string of the molecule is CN(C)c1cc(Cn2ccc(C=O)c2)c(O)c2c1CC1CC3C(N(C)C)C(=O)C(C(N)=O)C(=O)C3(O)C(=O)C1C2=O. The molecule has 0 saturated heterocycles. The largest absolute Gasteiger partial charge is 0.507 e. The Bertz CT molecular complexity index is 1520. The van der Waals surface area contributed by atoms with Crippen molar-refractivity contribution in [2.24, 2.45) is 29.4 Å². The van der Waals surface area contributed by atoms with Gasteiger partial charge in [-0.15, -0.1) is 0 Å². The van der Waals surface area contributed by atoms with Gasteiger partial charge in [0, 0.05) is 49.2 Å². The van der Waals surface area contributed by atoms with Gasteiger partial charge in [-0.2, -0.15) is 0 Å². The number of phenolic OH excluding ortho intramolecular Hbond substituents is 1. The fourth-order valence-corrected chi connectivity index (χ4v) is 7.05. The average molecular weight is 565 g/mol. The van der Waals surface area contributed by atoms with Crippen molar-refractivity contribution in [1.82, 2.24) is 9.47 Å². The number of phenols is 1. The summed E-state index contributed by atoms with van der Waals surface area (Å²) in [5.74, 6) is -10.8. The molecule has 216 valence electrons. The number of amides is 1. The van der Waals surface area contributed by atoms with Crippen molar-refractivity contribution in [1.29, 1.82) is 0 Å². The summed E-state index contributed by atoms with van der Waals surface area (Å²) >= 11 is 0. The van der Waals surface area contributed by atoms with Crippen LogP contribution in [0.5, 0.6) is 5.75 Å². The number of hydrogen-bond acceptors (Lipinski definition) is 10. The maximum atomic E-state index is 14.1. The highest BCUT2D eigenvalue weighted by Crippen LogP contribution is 2.52. The number of anilines is 1. The summed E-state index contributed by atoms with van der Waals surface area (Å²) in [6, 6.07) is 2.20. The predicted molar refractivity (Wildman–Crippen MR) is 145 cm³/mol. The number of carbonyl (C=O) groups excluding carboxylic acids is 6. The Hall–Kier alpha value is -4.16. The number of nitrogens with zero attached hydrogens (tertiary/aromatic N) is 3. The van der Waals surface area contributed by atoms with E-state index >= 15 is 0 Å². The van der Waals surface area contributed by atoms with Gasteiger partial charge in [0.25, 0.3) is 0 Å². The molecule has 6 atom stereocenters. The summed E-state index contributed by atoms with van der Waals surface area (Å²) in [6.45, 7) is 0.126. The van der Waals surface area contributed by atoms with Gasteiger partial charge in [0.05, 0.1) is 24.1 Å². The van der Waals surface area contributed by atoms with Crippen LogP contribution in [0.2, 0.25) is 0 Å². The molecule has 2 saturated carbocycles. The van der Waals surface area contributed by atoms with Crippen molar-refractivity contribution in [3.63, 3.8) is 0 Å². The molecule has 12 nitrogen and oxygen atoms in total. The number of Topliss-reactive ketones (excluding diaryl/α,β-unsaturated/α-hetero) is 4. The molecule has 3 aliphatic rings. The second-order valence-electron chi connectivity index (χ2n) is 11.7. The van der Waals surface area contributed by atoms with Crippen molar-refractivity contribution >= 4 is 41.0 Å². The Morgan fingerprint density at radius 1 is 1.17 bits per heavy atom. The normalized spacial score (nSPS) is 29.2. The van der Waals surface area contributed by atoms with E-state index in [0.29, 0.717) is 28.7 Å². The van der Waals surface area contributed by atoms with Gasteiger partial charge in [-0.05, 0) is 50.6 Å². The molecule has 2 fully saturated rings. The Kier molecular flexibility index (Phi) is 6.74. The minimum atomic E-state index is -2.77. The van der Waals surface area contributed by atoms with Crippen LogP contribution in [0, 0.1) is 23.7 Å². The zero-order chi connectivity index (χ0) is 30.1. The molecule has 4 N–H and O–H groups in total. The minimum Gasteiger partial charge on any atom is -0.507 e. The zero-order valence-corrected chi connectivity index (χ0v) is 23.2. The molecule has 0 spiro atoms. The van der Waals surface area contributed by atoms with Gasteiger partial charge in [0.15, 0.2) is 40.9 Å². The number of primary amides is 1. The number of aromatic nitrogens is 1. The summed E-state index contributed by atoms with van der Waals surface area (Å²) in [6.07, 6.45) is 4.09. The van der Waals surface area contributed by atoms with E-state index in [2.05, 4.69) is 0 Å². The number of aliphatic hydroxyl groups is 1. The molecule has 0 bridgehead atoms. The van der Waals surface area contributed by atoms with Gasteiger partial charge in [-0.1, -0.05) is 0 Å². The molecule has 1 aromatic carbocycles. The van der Waals surface area contributed by atoms with Crippen molar-refractivity contribution < 1.29 is 39.0 Å². The van der Waals surface area contributed by atoms with Crippen LogP contribution in [-0.4, -0.2) is 94.8 Å². The van der Waals surface area contributed by atoms with E-state index in [1.807, 2.05) is 0 Å². The van der Waals surface area contributed by atoms with Crippen LogP contribution in [-0.2, 0) is 32.1 Å². The lowest BCUT2D eigenvalue weighted by atomic mass is 9.52. The minimum absolute atomic E-state index is 0.0167. The molecule has 0 radical (unpaired) electrons. The van der Waals surface area contributed by atoms with Crippen molar-refractivity contribution in [2.45, 2.75) is 31.0 Å². The van der Waals surface area contributed by atoms with Gasteiger partial charge >= 0.3 is 0 Å². The van der Waals surface area contributed by atoms with E-state index in [9.17, 15) is 39.0 Å². The third-order valence-corrected chi connectivity index (χ3v) is 8.86. The lowest BCUT2D eigenvalue weighted by Gasteiger charge is -2.52. The number of nitrogens with two attached hydrogens (primary N) is 1. The van der Waals surface area contributed by atoms with Crippen LogP contribution in [0.15, 0.2) is 24.5 Å². The highest BCUT2D eigenvalue weighted by atomic mass is 16.3. The second-order valence-corrected chi connectivity index (χ2v) is 11.7. The van der Waals surface area contributed by atoms with E-state index in [-0.39, 0.29) is 30.7 Å². The maximum Gasteiger partial charge on any atom is 0.235 e. The number of likely N-dealkylation sites (N-methyl/N-ethyl adjacent to an activating group) is 1. The van der Waals surface area contributed by atoms with Gasteiger partial charge in [-0.3, -0.25) is 33.7 Å².